The van der Waals surface area contributed by atoms with Gasteiger partial charge in [0, 0.05) is 16.1 Å². The number of rotatable bonds is 4. The van der Waals surface area contributed by atoms with E-state index in [1.54, 1.807) is 29.5 Å². The number of hydrogen-bond donors (Lipinski definition) is 1. The Kier molecular flexibility index (Phi) is 3.18. The van der Waals surface area contributed by atoms with E-state index in [-0.39, 0.29) is 17.1 Å². The third-order valence-corrected chi connectivity index (χ3v) is 4.78. The van der Waals surface area contributed by atoms with Gasteiger partial charge in [0.25, 0.3) is 0 Å². The second-order valence-electron chi connectivity index (χ2n) is 5.15. The predicted molar refractivity (Wildman–Crippen MR) is 80.3 cm³/mol. The fourth-order valence-electron chi connectivity index (χ4n) is 2.33. The minimum absolute atomic E-state index is 0.000455. The second kappa shape index (κ2) is 4.87. The number of carbonyl (C=O) groups excluding carboxylic acids is 2. The number of hydrogen-bond acceptors (Lipinski definition) is 3. The van der Waals surface area contributed by atoms with Crippen molar-refractivity contribution in [1.82, 2.24) is 0 Å². The number of amides is 1. The Morgan fingerprint density at radius 2 is 2.00 bits per heavy atom. The first-order valence-corrected chi connectivity index (χ1v) is 7.46. The van der Waals surface area contributed by atoms with Crippen molar-refractivity contribution in [2.24, 2.45) is 0 Å². The molecule has 0 atom stereocenters. The van der Waals surface area contributed by atoms with Gasteiger partial charge in [0.05, 0.1) is 5.41 Å². The van der Waals surface area contributed by atoms with Crippen molar-refractivity contribution < 1.29 is 9.59 Å². The molecule has 0 saturated heterocycles. The lowest BCUT2D eigenvalue weighted by Crippen LogP contribution is -2.27. The zero-order valence-electron chi connectivity index (χ0n) is 11.2. The lowest BCUT2D eigenvalue weighted by Gasteiger charge is -2.14. The molecule has 0 unspecified atom stereocenters. The third-order valence-electron chi connectivity index (χ3n) is 3.70. The van der Waals surface area contributed by atoms with E-state index in [0.29, 0.717) is 11.3 Å². The van der Waals surface area contributed by atoms with Gasteiger partial charge in [0.15, 0.2) is 5.78 Å². The van der Waals surface area contributed by atoms with Crippen LogP contribution in [0, 0.1) is 0 Å². The first kappa shape index (κ1) is 13.1. The molecule has 1 aromatic carbocycles. The maximum atomic E-state index is 12.5. The summed E-state index contributed by atoms with van der Waals surface area (Å²) in [6, 6.07) is 11.1. The standard InChI is InChI=1S/C16H15NO2S/c1-11(18)12-4-2-5-13(10-12)17-15(19)16(7-8-16)14-6-3-9-20-14/h2-6,9-10H,7-8H2,1H3,(H,17,19). The van der Waals surface area contributed by atoms with Gasteiger partial charge >= 0.3 is 0 Å². The molecule has 0 radical (unpaired) electrons. The number of benzene rings is 1. The lowest BCUT2D eigenvalue weighted by atomic mass is 10.0. The van der Waals surface area contributed by atoms with Crippen molar-refractivity contribution in [3.63, 3.8) is 0 Å². The summed E-state index contributed by atoms with van der Waals surface area (Å²) in [7, 11) is 0. The highest BCUT2D eigenvalue weighted by atomic mass is 32.1. The van der Waals surface area contributed by atoms with Crippen LogP contribution in [-0.2, 0) is 10.2 Å². The number of ketones is 1. The Bertz CT molecular complexity index is 657. The summed E-state index contributed by atoms with van der Waals surface area (Å²) in [4.78, 5) is 25.0. The average Bonchev–Trinajstić information content (AvgIpc) is 3.07. The summed E-state index contributed by atoms with van der Waals surface area (Å²) in [5.41, 5.74) is 0.953. The molecule has 1 aliphatic carbocycles. The van der Waals surface area contributed by atoms with Crippen molar-refractivity contribution in [3.05, 3.63) is 52.2 Å². The SMILES string of the molecule is CC(=O)c1cccc(NC(=O)C2(c3cccs3)CC2)c1. The van der Waals surface area contributed by atoms with Crippen LogP contribution in [-0.4, -0.2) is 11.7 Å². The van der Waals surface area contributed by atoms with Crippen LogP contribution in [0.2, 0.25) is 0 Å². The van der Waals surface area contributed by atoms with Crippen LogP contribution in [0.15, 0.2) is 41.8 Å². The normalized spacial score (nSPS) is 15.7. The molecule has 3 rings (SSSR count). The van der Waals surface area contributed by atoms with E-state index in [1.807, 2.05) is 23.6 Å². The fraction of sp³-hybridized carbons (Fsp3) is 0.250. The van der Waals surface area contributed by atoms with Crippen LogP contribution in [0.3, 0.4) is 0 Å². The second-order valence-corrected chi connectivity index (χ2v) is 6.10. The van der Waals surface area contributed by atoms with Gasteiger partial charge in [-0.1, -0.05) is 18.2 Å². The molecule has 0 bridgehead atoms. The van der Waals surface area contributed by atoms with Crippen LogP contribution < -0.4 is 5.32 Å². The van der Waals surface area contributed by atoms with Crippen molar-refractivity contribution >= 4 is 28.7 Å². The monoisotopic (exact) mass is 285 g/mol. The highest BCUT2D eigenvalue weighted by Crippen LogP contribution is 2.50. The van der Waals surface area contributed by atoms with Crippen LogP contribution >= 0.6 is 11.3 Å². The van der Waals surface area contributed by atoms with E-state index in [4.69, 9.17) is 0 Å². The van der Waals surface area contributed by atoms with Gasteiger partial charge in [0.2, 0.25) is 5.91 Å². The summed E-state index contributed by atoms with van der Waals surface area (Å²) in [5.74, 6) is 0.0288. The van der Waals surface area contributed by atoms with Crippen molar-refractivity contribution in [3.8, 4) is 0 Å². The molecule has 20 heavy (non-hydrogen) atoms. The molecule has 1 aliphatic rings. The lowest BCUT2D eigenvalue weighted by molar-refractivity contribution is -0.118. The van der Waals surface area contributed by atoms with E-state index in [2.05, 4.69) is 5.32 Å². The van der Waals surface area contributed by atoms with Gasteiger partial charge in [-0.05, 0) is 43.3 Å². The Labute approximate surface area is 121 Å². The molecular weight excluding hydrogens is 270 g/mol. The van der Waals surface area contributed by atoms with Crippen LogP contribution in [0.25, 0.3) is 0 Å². The quantitative estimate of drug-likeness (QED) is 0.872. The van der Waals surface area contributed by atoms with E-state index in [1.165, 1.54) is 6.92 Å². The molecule has 1 saturated carbocycles. The number of Topliss-reactive ketones (excluding diaryl/α,β-unsaturated/α-hetero) is 1. The number of nitrogens with one attached hydrogen (secondary N) is 1. The Hall–Kier alpha value is -1.94. The minimum Gasteiger partial charge on any atom is -0.325 e. The summed E-state index contributed by atoms with van der Waals surface area (Å²) >= 11 is 1.62. The molecule has 0 aliphatic heterocycles. The summed E-state index contributed by atoms with van der Waals surface area (Å²) < 4.78 is 0. The first-order chi connectivity index (χ1) is 9.62. The minimum atomic E-state index is -0.347. The molecule has 1 aromatic heterocycles. The predicted octanol–water partition coefficient (Wildman–Crippen LogP) is 3.62. The first-order valence-electron chi connectivity index (χ1n) is 6.58. The van der Waals surface area contributed by atoms with Gasteiger partial charge in [-0.2, -0.15) is 0 Å². The zero-order valence-corrected chi connectivity index (χ0v) is 12.0. The fourth-order valence-corrected chi connectivity index (χ4v) is 3.31. The summed E-state index contributed by atoms with van der Waals surface area (Å²) in [6.45, 7) is 1.52. The van der Waals surface area contributed by atoms with Crippen molar-refractivity contribution in [1.29, 1.82) is 0 Å². The van der Waals surface area contributed by atoms with Gasteiger partial charge in [-0.15, -0.1) is 11.3 Å². The Balaban J connectivity index is 1.80. The molecule has 1 heterocycles. The largest absolute Gasteiger partial charge is 0.325 e. The topological polar surface area (TPSA) is 46.2 Å². The molecule has 0 spiro atoms. The number of thiophene rings is 1. The van der Waals surface area contributed by atoms with Crippen LogP contribution in [0.5, 0.6) is 0 Å². The van der Waals surface area contributed by atoms with Crippen molar-refractivity contribution in [2.45, 2.75) is 25.2 Å². The van der Waals surface area contributed by atoms with Gasteiger partial charge in [-0.3, -0.25) is 9.59 Å². The maximum Gasteiger partial charge on any atom is 0.235 e. The van der Waals surface area contributed by atoms with E-state index < -0.39 is 0 Å². The van der Waals surface area contributed by atoms with Gasteiger partial charge < -0.3 is 5.32 Å². The zero-order chi connectivity index (χ0) is 14.2. The Morgan fingerprint density at radius 3 is 2.60 bits per heavy atom. The third kappa shape index (κ3) is 2.27. The number of anilines is 1. The van der Waals surface area contributed by atoms with Gasteiger partial charge in [0.1, 0.15) is 0 Å². The van der Waals surface area contributed by atoms with Crippen molar-refractivity contribution in [2.75, 3.05) is 5.32 Å². The van der Waals surface area contributed by atoms with E-state index in [9.17, 15) is 9.59 Å². The van der Waals surface area contributed by atoms with Crippen LogP contribution in [0.4, 0.5) is 5.69 Å². The highest BCUT2D eigenvalue weighted by molar-refractivity contribution is 7.10. The Morgan fingerprint density at radius 1 is 1.20 bits per heavy atom. The summed E-state index contributed by atoms with van der Waals surface area (Å²) in [6.07, 6.45) is 1.79. The molecule has 1 N–H and O–H groups in total. The average molecular weight is 285 g/mol. The maximum absolute atomic E-state index is 12.5. The smallest absolute Gasteiger partial charge is 0.235 e. The number of carbonyl (C=O) groups is 2. The molecule has 2 aromatic rings. The molecular formula is C16H15NO2S. The van der Waals surface area contributed by atoms with E-state index in [0.717, 1.165) is 17.7 Å². The highest BCUT2D eigenvalue weighted by Gasteiger charge is 2.52. The molecule has 1 fully saturated rings. The molecule has 1 amide bonds. The van der Waals surface area contributed by atoms with Crippen LogP contribution in [0.1, 0.15) is 35.0 Å². The van der Waals surface area contributed by atoms with Gasteiger partial charge in [-0.25, -0.2) is 0 Å². The molecule has 102 valence electrons. The molecule has 3 nitrogen and oxygen atoms in total. The summed E-state index contributed by atoms with van der Waals surface area (Å²) in [5, 5.41) is 4.94. The van der Waals surface area contributed by atoms with E-state index >= 15 is 0 Å². The molecule has 4 heteroatoms.